The first-order valence-electron chi connectivity index (χ1n) is 1.41. The maximum atomic E-state index is 3.25. The van der Waals surface area contributed by atoms with Gasteiger partial charge in [0.1, 0.15) is 0 Å². The predicted octanol–water partition coefficient (Wildman–Crippen LogP) is 1.74. The Balaban J connectivity index is -0.00000000500. The molecule has 0 amide bonds. The maximum absolute atomic E-state index is 3.25. The fraction of sp³-hybridized carbons (Fsp3) is 0.500. The number of rotatable bonds is 0. The summed E-state index contributed by atoms with van der Waals surface area (Å²) < 4.78 is 0. The van der Waals surface area contributed by atoms with Gasteiger partial charge in [-0.3, -0.25) is 0 Å². The molecule has 0 aromatic heterocycles. The van der Waals surface area contributed by atoms with Gasteiger partial charge >= 0.3 is 0 Å². The minimum absolute atomic E-state index is 0. The first-order valence-corrected chi connectivity index (χ1v) is 1.41. The van der Waals surface area contributed by atoms with Crippen LogP contribution in [0.3, 0.4) is 0 Å². The van der Waals surface area contributed by atoms with Crippen LogP contribution in [0.1, 0.15) is 13.8 Å². The van der Waals surface area contributed by atoms with E-state index in [1.54, 1.807) is 13.8 Å². The van der Waals surface area contributed by atoms with E-state index in [1.165, 1.54) is 0 Å². The van der Waals surface area contributed by atoms with Crippen LogP contribution in [-0.2, 0) is 22.4 Å². The molecule has 0 nitrogen and oxygen atoms in total. The van der Waals surface area contributed by atoms with Crippen LogP contribution in [0.15, 0.2) is 0 Å². The Hall–Kier alpha value is 1.17. The third kappa shape index (κ3) is 65.7. The zero-order valence-corrected chi connectivity index (χ0v) is 8.00. The summed E-state index contributed by atoms with van der Waals surface area (Å²) in [7, 11) is 0. The Morgan fingerprint density at radius 2 is 0.833 bits per heavy atom. The van der Waals surface area contributed by atoms with Crippen LogP contribution in [0.5, 0.6) is 0 Å². The second-order valence-electron chi connectivity index (χ2n) is 0. The number of hydrogen-bond donors (Lipinski definition) is 0. The van der Waals surface area contributed by atoms with E-state index in [0.717, 1.165) is 0 Å². The molecule has 0 bridgehead atoms. The topological polar surface area (TPSA) is 0 Å². The molecule has 0 saturated heterocycles. The van der Waals surface area contributed by atoms with Gasteiger partial charge < -0.3 is 13.8 Å². The van der Waals surface area contributed by atoms with Crippen LogP contribution >= 0.6 is 9.90 Å². The van der Waals surface area contributed by atoms with Crippen molar-refractivity contribution in [2.45, 2.75) is 13.8 Å². The SMILES string of the molecule is P.[Au].[CH2-]C.[CH2-]C. The van der Waals surface area contributed by atoms with Gasteiger partial charge in [-0.15, -0.1) is 0 Å². The first-order chi connectivity index (χ1) is 2.00. The van der Waals surface area contributed by atoms with Crippen molar-refractivity contribution in [3.8, 4) is 0 Å². The van der Waals surface area contributed by atoms with Gasteiger partial charge in [-0.25, -0.2) is 0 Å². The largest absolute Gasteiger partial charge is 0.346 e. The summed E-state index contributed by atoms with van der Waals surface area (Å²) in [6, 6.07) is 0. The molecule has 1 radical (unpaired) electrons. The summed E-state index contributed by atoms with van der Waals surface area (Å²) in [4.78, 5) is 0. The normalized spacial score (nSPS) is 2.00. The molecule has 0 aromatic rings. The smallest absolute Gasteiger partial charge is 0 e. The predicted molar refractivity (Wildman–Crippen MR) is 33.2 cm³/mol. The molecular weight excluding hydrogens is 276 g/mol. The minimum Gasteiger partial charge on any atom is -0.346 e. The van der Waals surface area contributed by atoms with Gasteiger partial charge in [0.15, 0.2) is 0 Å². The van der Waals surface area contributed by atoms with Crippen LogP contribution in [0.25, 0.3) is 0 Å². The monoisotopic (exact) mass is 289 g/mol. The fourth-order valence-corrected chi connectivity index (χ4v) is 0. The summed E-state index contributed by atoms with van der Waals surface area (Å²) >= 11 is 0. The molecule has 0 spiro atoms. The fourth-order valence-electron chi connectivity index (χ4n) is 0. The zero-order valence-electron chi connectivity index (χ0n) is 4.42. The van der Waals surface area contributed by atoms with Gasteiger partial charge in [0.25, 0.3) is 0 Å². The van der Waals surface area contributed by atoms with E-state index in [-0.39, 0.29) is 32.3 Å². The standard InChI is InChI=1S/2C2H5.Au.H3P/c2*1-2;;/h2*1H2,2H3;;1H3/q2*-1;;. The van der Waals surface area contributed by atoms with E-state index in [2.05, 4.69) is 13.8 Å². The van der Waals surface area contributed by atoms with Crippen molar-refractivity contribution < 1.29 is 22.4 Å². The summed E-state index contributed by atoms with van der Waals surface area (Å²) in [5.41, 5.74) is 0. The molecule has 0 rings (SSSR count). The van der Waals surface area contributed by atoms with Crippen LogP contribution in [-0.4, -0.2) is 0 Å². The molecule has 0 fully saturated rings. The van der Waals surface area contributed by atoms with Crippen LogP contribution in [0.4, 0.5) is 0 Å². The Bertz CT molecular complexity index is 7.51. The second-order valence-corrected chi connectivity index (χ2v) is 0. The van der Waals surface area contributed by atoms with Crippen molar-refractivity contribution in [1.82, 2.24) is 0 Å². The second kappa shape index (κ2) is 120. The Morgan fingerprint density at radius 3 is 0.833 bits per heavy atom. The molecule has 0 aliphatic carbocycles. The summed E-state index contributed by atoms with van der Waals surface area (Å²) in [5, 5.41) is 0. The van der Waals surface area contributed by atoms with Crippen LogP contribution < -0.4 is 0 Å². The molecule has 2 heteroatoms. The van der Waals surface area contributed by atoms with Crippen molar-refractivity contribution in [3.63, 3.8) is 0 Å². The molecule has 1 atom stereocenters. The van der Waals surface area contributed by atoms with Crippen molar-refractivity contribution in [3.05, 3.63) is 13.8 Å². The molecular formula is C4H13AuP-2. The van der Waals surface area contributed by atoms with Gasteiger partial charge in [0, 0.05) is 22.4 Å². The quantitative estimate of drug-likeness (QED) is 0.362. The molecule has 47 valence electrons. The Kier molecular flexibility index (Phi) is 545. The van der Waals surface area contributed by atoms with Crippen LogP contribution in [0, 0.1) is 13.8 Å². The molecule has 0 N–H and O–H groups in total. The molecule has 6 heavy (non-hydrogen) atoms. The number of hydrogen-bond acceptors (Lipinski definition) is 0. The molecule has 0 aliphatic heterocycles. The molecule has 0 heterocycles. The van der Waals surface area contributed by atoms with Crippen molar-refractivity contribution in [2.24, 2.45) is 0 Å². The van der Waals surface area contributed by atoms with Crippen molar-refractivity contribution >= 4 is 9.90 Å². The molecule has 0 aromatic carbocycles. The van der Waals surface area contributed by atoms with Gasteiger partial charge in [-0.2, -0.15) is 23.7 Å². The van der Waals surface area contributed by atoms with Gasteiger partial charge in [-0.05, 0) is 0 Å². The summed E-state index contributed by atoms with van der Waals surface area (Å²) in [5.74, 6) is 0. The maximum Gasteiger partial charge on any atom is 0 e. The first kappa shape index (κ1) is 27.2. The molecule has 0 aliphatic rings. The minimum atomic E-state index is 0. The third-order valence-electron chi connectivity index (χ3n) is 0. The van der Waals surface area contributed by atoms with Gasteiger partial charge in [-0.1, -0.05) is 0 Å². The van der Waals surface area contributed by atoms with E-state index in [4.69, 9.17) is 0 Å². The van der Waals surface area contributed by atoms with Crippen molar-refractivity contribution in [2.75, 3.05) is 0 Å². The van der Waals surface area contributed by atoms with Crippen molar-refractivity contribution in [1.29, 1.82) is 0 Å². The average Bonchev–Trinajstić information content (AvgIpc) is 1.50. The summed E-state index contributed by atoms with van der Waals surface area (Å²) in [6.45, 7) is 10.0. The van der Waals surface area contributed by atoms with Gasteiger partial charge in [0.05, 0.1) is 0 Å². The van der Waals surface area contributed by atoms with E-state index in [0.29, 0.717) is 0 Å². The molecule has 1 unspecified atom stereocenters. The van der Waals surface area contributed by atoms with E-state index >= 15 is 0 Å². The van der Waals surface area contributed by atoms with E-state index < -0.39 is 0 Å². The zero-order chi connectivity index (χ0) is 4.00. The average molecular weight is 289 g/mol. The molecule has 0 saturated carbocycles. The third-order valence-corrected chi connectivity index (χ3v) is 0. The van der Waals surface area contributed by atoms with E-state index in [1.807, 2.05) is 0 Å². The van der Waals surface area contributed by atoms with Crippen LogP contribution in [0.2, 0.25) is 0 Å². The Morgan fingerprint density at radius 1 is 0.833 bits per heavy atom. The van der Waals surface area contributed by atoms with Gasteiger partial charge in [0.2, 0.25) is 0 Å². The van der Waals surface area contributed by atoms with E-state index in [9.17, 15) is 0 Å². The summed E-state index contributed by atoms with van der Waals surface area (Å²) in [6.07, 6.45) is 0. The Labute approximate surface area is 60.2 Å².